The van der Waals surface area contributed by atoms with Crippen LogP contribution in [0.5, 0.6) is 0 Å². The van der Waals surface area contributed by atoms with Crippen molar-refractivity contribution in [1.29, 1.82) is 0 Å². The summed E-state index contributed by atoms with van der Waals surface area (Å²) in [6, 6.07) is 23.3. The van der Waals surface area contributed by atoms with Crippen molar-refractivity contribution in [3.8, 4) is 16.9 Å². The molecule has 106 valence electrons. The molecule has 2 nitrogen and oxygen atoms in total. The van der Waals surface area contributed by atoms with Gasteiger partial charge in [-0.25, -0.2) is 0 Å². The average Bonchev–Trinajstić information content (AvgIpc) is 2.91. The van der Waals surface area contributed by atoms with Crippen LogP contribution in [0.25, 0.3) is 27.0 Å². The molecule has 0 unspecified atom stereocenters. The van der Waals surface area contributed by atoms with Crippen LogP contribution in [0.3, 0.4) is 0 Å². The Morgan fingerprint density at radius 3 is 2.23 bits per heavy atom. The summed E-state index contributed by atoms with van der Waals surface area (Å²) in [5.41, 5.74) is 3.70. The van der Waals surface area contributed by atoms with Crippen LogP contribution in [0.4, 0.5) is 0 Å². The molecule has 0 radical (unpaired) electrons. The molecule has 0 amide bonds. The van der Waals surface area contributed by atoms with Crippen LogP contribution >= 0.6 is 11.5 Å². The van der Waals surface area contributed by atoms with E-state index in [4.69, 9.17) is 0 Å². The fourth-order valence-corrected chi connectivity index (χ4v) is 3.79. The minimum atomic E-state index is 1.17. The number of fused-ring (bicyclic) bond motifs is 1. The molecule has 0 N–H and O–H groups in total. The zero-order chi connectivity index (χ0) is 14.9. The number of para-hydroxylation sites is 1. The Kier molecular flexibility index (Phi) is 3.20. The van der Waals surface area contributed by atoms with Gasteiger partial charge in [0.2, 0.25) is 11.4 Å². The summed E-state index contributed by atoms with van der Waals surface area (Å²) in [7, 11) is 2.12. The zero-order valence-corrected chi connectivity index (χ0v) is 13.1. The molecule has 0 atom stereocenters. The first-order valence-electron chi connectivity index (χ1n) is 7.28. The molecule has 22 heavy (non-hydrogen) atoms. The van der Waals surface area contributed by atoms with Gasteiger partial charge in [-0.05, 0) is 12.1 Å². The zero-order valence-electron chi connectivity index (χ0n) is 12.3. The minimum Gasteiger partial charge on any atom is -0.167 e. The first-order valence-corrected chi connectivity index (χ1v) is 8.05. The van der Waals surface area contributed by atoms with E-state index in [1.165, 1.54) is 27.0 Å². The van der Waals surface area contributed by atoms with Gasteiger partial charge in [-0.2, -0.15) is 4.57 Å². The molecule has 2 aromatic heterocycles. The Balaban J connectivity index is 1.81. The molecule has 3 heteroatoms. The van der Waals surface area contributed by atoms with Crippen molar-refractivity contribution in [3.05, 3.63) is 79.1 Å². The lowest BCUT2D eigenvalue weighted by Gasteiger charge is -1.97. The van der Waals surface area contributed by atoms with E-state index >= 15 is 0 Å². The molecule has 0 bridgehead atoms. The number of aryl methyl sites for hydroxylation is 1. The maximum atomic E-state index is 2.24. The van der Waals surface area contributed by atoms with Gasteiger partial charge in [0.15, 0.2) is 19.4 Å². The molecule has 0 saturated carbocycles. The van der Waals surface area contributed by atoms with Crippen molar-refractivity contribution < 1.29 is 8.52 Å². The van der Waals surface area contributed by atoms with E-state index in [9.17, 15) is 0 Å². The quantitative estimate of drug-likeness (QED) is 0.499. The molecule has 4 aromatic rings. The van der Waals surface area contributed by atoms with Crippen molar-refractivity contribution in [1.82, 2.24) is 0 Å². The second-order valence-electron chi connectivity index (χ2n) is 5.26. The van der Waals surface area contributed by atoms with E-state index in [1.54, 1.807) is 11.5 Å². The molecule has 0 spiro atoms. The smallest absolute Gasteiger partial charge is 0.167 e. The molecule has 0 aliphatic heterocycles. The largest absolute Gasteiger partial charge is 0.235 e. The van der Waals surface area contributed by atoms with Gasteiger partial charge in [-0.3, -0.25) is 0 Å². The highest BCUT2D eigenvalue weighted by Gasteiger charge is 2.20. The highest BCUT2D eigenvalue weighted by molar-refractivity contribution is 7.09. The number of hydrogen-bond donors (Lipinski definition) is 0. The molecule has 0 fully saturated rings. The third kappa shape index (κ3) is 2.20. The summed E-state index contributed by atoms with van der Waals surface area (Å²) in [5.74, 6) is 0. The number of hydrogen-bond acceptors (Lipinski definition) is 1. The third-order valence-electron chi connectivity index (χ3n) is 3.85. The topological polar surface area (TPSA) is 7.76 Å². The Morgan fingerprint density at radius 1 is 0.773 bits per heavy atom. The standard InChI is InChI=1S/C19H16N2S/c1-20-19(17-9-5-6-10-18(17)22-20)15-11-13-21(14-12-15)16-7-3-2-4-8-16/h2-14H,1H3/q+2. The van der Waals surface area contributed by atoms with E-state index in [0.29, 0.717) is 0 Å². The Hall–Kier alpha value is -2.52. The number of pyridine rings is 1. The molecule has 2 aromatic carbocycles. The van der Waals surface area contributed by atoms with Gasteiger partial charge in [-0.15, -0.1) is 3.96 Å². The van der Waals surface area contributed by atoms with Crippen LogP contribution in [0.15, 0.2) is 79.1 Å². The van der Waals surface area contributed by atoms with Gasteiger partial charge in [0.05, 0.1) is 10.9 Å². The average molecular weight is 304 g/mol. The second-order valence-corrected chi connectivity index (χ2v) is 6.43. The van der Waals surface area contributed by atoms with Crippen molar-refractivity contribution >= 4 is 21.6 Å². The van der Waals surface area contributed by atoms with Crippen LogP contribution in [0.2, 0.25) is 0 Å². The maximum Gasteiger partial charge on any atom is 0.235 e. The van der Waals surface area contributed by atoms with Crippen molar-refractivity contribution in [3.63, 3.8) is 0 Å². The van der Waals surface area contributed by atoms with Crippen molar-refractivity contribution in [2.75, 3.05) is 0 Å². The predicted molar refractivity (Wildman–Crippen MR) is 90.0 cm³/mol. The van der Waals surface area contributed by atoms with E-state index < -0.39 is 0 Å². The summed E-state index contributed by atoms with van der Waals surface area (Å²) in [6.07, 6.45) is 4.24. The number of aromatic nitrogens is 2. The van der Waals surface area contributed by atoms with Gasteiger partial charge in [0.1, 0.15) is 16.2 Å². The fraction of sp³-hybridized carbons (Fsp3) is 0.0526. The SMILES string of the molecule is C[n+]1sc2ccccc2c1-c1cc[n+](-c2ccccc2)cc1. The van der Waals surface area contributed by atoms with Crippen molar-refractivity contribution in [2.24, 2.45) is 7.05 Å². The molecule has 4 rings (SSSR count). The molecule has 2 heterocycles. The monoisotopic (exact) mass is 304 g/mol. The molecular formula is C19H16N2S+2. The van der Waals surface area contributed by atoms with E-state index in [0.717, 1.165) is 0 Å². The van der Waals surface area contributed by atoms with E-state index in [2.05, 4.69) is 88.6 Å². The van der Waals surface area contributed by atoms with E-state index in [1.807, 2.05) is 6.07 Å². The first-order chi connectivity index (χ1) is 10.8. The van der Waals surface area contributed by atoms with Gasteiger partial charge < -0.3 is 0 Å². The lowest BCUT2D eigenvalue weighted by molar-refractivity contribution is -0.596. The number of rotatable bonds is 2. The van der Waals surface area contributed by atoms with Gasteiger partial charge in [-0.1, -0.05) is 30.3 Å². The van der Waals surface area contributed by atoms with Crippen molar-refractivity contribution in [2.45, 2.75) is 0 Å². The first kappa shape index (κ1) is 13.2. The Morgan fingerprint density at radius 2 is 1.45 bits per heavy atom. The van der Waals surface area contributed by atoms with Gasteiger partial charge in [0, 0.05) is 24.3 Å². The fourth-order valence-electron chi connectivity index (χ4n) is 2.80. The summed E-state index contributed by atoms with van der Waals surface area (Å²) in [6.45, 7) is 0. The van der Waals surface area contributed by atoms with Crippen LogP contribution in [-0.2, 0) is 7.05 Å². The summed E-state index contributed by atoms with van der Waals surface area (Å²) in [5, 5.41) is 1.31. The number of nitrogens with zero attached hydrogens (tertiary/aromatic N) is 2. The van der Waals surface area contributed by atoms with Crippen LogP contribution in [0, 0.1) is 0 Å². The molecule has 0 aliphatic rings. The maximum absolute atomic E-state index is 2.24. The van der Waals surface area contributed by atoms with Crippen LogP contribution in [0.1, 0.15) is 0 Å². The van der Waals surface area contributed by atoms with E-state index in [-0.39, 0.29) is 0 Å². The summed E-state index contributed by atoms with van der Waals surface area (Å²) < 4.78 is 5.70. The lowest BCUT2D eigenvalue weighted by Crippen LogP contribution is -2.30. The molecule has 0 saturated heterocycles. The summed E-state index contributed by atoms with van der Waals surface area (Å²) >= 11 is 1.78. The highest BCUT2D eigenvalue weighted by Crippen LogP contribution is 2.28. The highest BCUT2D eigenvalue weighted by atomic mass is 32.1. The van der Waals surface area contributed by atoms with Gasteiger partial charge >= 0.3 is 0 Å². The van der Waals surface area contributed by atoms with Crippen LogP contribution in [-0.4, -0.2) is 0 Å². The summed E-state index contributed by atoms with van der Waals surface area (Å²) in [4.78, 5) is 0. The normalized spacial score (nSPS) is 11.0. The molecule has 0 aliphatic carbocycles. The second kappa shape index (κ2) is 5.35. The Labute approximate surface area is 133 Å². The third-order valence-corrected chi connectivity index (χ3v) is 4.86. The Bertz CT molecular complexity index is 925. The van der Waals surface area contributed by atoms with Crippen LogP contribution < -0.4 is 8.52 Å². The number of benzene rings is 2. The minimum absolute atomic E-state index is 1.17. The lowest BCUT2D eigenvalue weighted by atomic mass is 10.1. The molecular weight excluding hydrogens is 288 g/mol. The predicted octanol–water partition coefficient (Wildman–Crippen LogP) is 3.67. The van der Waals surface area contributed by atoms with Gasteiger partial charge in [0.25, 0.3) is 0 Å².